The SMILES string of the molecule is CCC(C(=O)O)N(C)C(=O)c1c(C)c(C)n[nH]c1=O. The average molecular weight is 267 g/mol. The van der Waals surface area contributed by atoms with Crippen molar-refractivity contribution in [3.05, 3.63) is 27.2 Å². The van der Waals surface area contributed by atoms with Gasteiger partial charge in [0, 0.05) is 7.05 Å². The number of carboxylic acids is 1. The maximum Gasteiger partial charge on any atom is 0.326 e. The van der Waals surface area contributed by atoms with E-state index in [1.807, 2.05) is 0 Å². The van der Waals surface area contributed by atoms with E-state index in [-0.39, 0.29) is 12.0 Å². The van der Waals surface area contributed by atoms with Crippen molar-refractivity contribution in [2.24, 2.45) is 0 Å². The molecule has 0 aliphatic heterocycles. The van der Waals surface area contributed by atoms with Gasteiger partial charge in [0.2, 0.25) is 0 Å². The highest BCUT2D eigenvalue weighted by atomic mass is 16.4. The molecule has 0 saturated heterocycles. The monoisotopic (exact) mass is 267 g/mol. The van der Waals surface area contributed by atoms with Crippen LogP contribution in [0.25, 0.3) is 0 Å². The lowest BCUT2D eigenvalue weighted by atomic mass is 10.1. The van der Waals surface area contributed by atoms with Gasteiger partial charge >= 0.3 is 5.97 Å². The highest BCUT2D eigenvalue weighted by molar-refractivity contribution is 5.97. The van der Waals surface area contributed by atoms with E-state index >= 15 is 0 Å². The number of carboxylic acid groups (broad SMARTS) is 1. The van der Waals surface area contributed by atoms with E-state index in [4.69, 9.17) is 5.11 Å². The molecule has 1 aromatic rings. The van der Waals surface area contributed by atoms with Crippen LogP contribution in [0.1, 0.15) is 35.0 Å². The molecule has 0 bridgehead atoms. The van der Waals surface area contributed by atoms with Crippen LogP contribution in [0.2, 0.25) is 0 Å². The Morgan fingerprint density at radius 1 is 1.42 bits per heavy atom. The van der Waals surface area contributed by atoms with Crippen molar-refractivity contribution >= 4 is 11.9 Å². The molecule has 0 saturated carbocycles. The number of aliphatic carboxylic acids is 1. The number of aromatic amines is 1. The van der Waals surface area contributed by atoms with Crippen molar-refractivity contribution in [2.45, 2.75) is 33.2 Å². The summed E-state index contributed by atoms with van der Waals surface area (Å²) in [5.74, 6) is -1.71. The van der Waals surface area contributed by atoms with Gasteiger partial charge in [-0.25, -0.2) is 9.89 Å². The molecular weight excluding hydrogens is 250 g/mol. The molecule has 19 heavy (non-hydrogen) atoms. The van der Waals surface area contributed by atoms with Crippen molar-refractivity contribution in [3.8, 4) is 0 Å². The first-order valence-corrected chi connectivity index (χ1v) is 5.87. The predicted octanol–water partition coefficient (Wildman–Crippen LogP) is 0.322. The Balaban J connectivity index is 3.24. The third-order valence-corrected chi connectivity index (χ3v) is 3.14. The summed E-state index contributed by atoms with van der Waals surface area (Å²) in [5.41, 5.74) is 0.315. The third kappa shape index (κ3) is 2.81. The van der Waals surface area contributed by atoms with Crippen molar-refractivity contribution in [1.82, 2.24) is 15.1 Å². The molecule has 1 rings (SSSR count). The smallest absolute Gasteiger partial charge is 0.326 e. The summed E-state index contributed by atoms with van der Waals surface area (Å²) >= 11 is 0. The lowest BCUT2D eigenvalue weighted by Gasteiger charge is -2.24. The van der Waals surface area contributed by atoms with Crippen LogP contribution in [-0.2, 0) is 4.79 Å². The fourth-order valence-electron chi connectivity index (χ4n) is 1.82. The van der Waals surface area contributed by atoms with Gasteiger partial charge in [-0.05, 0) is 25.8 Å². The molecule has 0 aromatic carbocycles. The number of nitrogens with one attached hydrogen (secondary N) is 1. The van der Waals surface area contributed by atoms with Gasteiger partial charge in [0.25, 0.3) is 11.5 Å². The number of hydrogen-bond donors (Lipinski definition) is 2. The lowest BCUT2D eigenvalue weighted by Crippen LogP contribution is -2.44. The largest absolute Gasteiger partial charge is 0.480 e. The lowest BCUT2D eigenvalue weighted by molar-refractivity contribution is -0.142. The van der Waals surface area contributed by atoms with Crippen LogP contribution in [0, 0.1) is 13.8 Å². The fourth-order valence-corrected chi connectivity index (χ4v) is 1.82. The summed E-state index contributed by atoms with van der Waals surface area (Å²) in [7, 11) is 1.37. The molecular formula is C12H17N3O4. The van der Waals surface area contributed by atoms with E-state index in [1.54, 1.807) is 20.8 Å². The molecule has 2 N–H and O–H groups in total. The Morgan fingerprint density at radius 3 is 2.47 bits per heavy atom. The van der Waals surface area contributed by atoms with Gasteiger partial charge in [0.15, 0.2) is 0 Å². The zero-order valence-electron chi connectivity index (χ0n) is 11.4. The molecule has 7 heteroatoms. The second-order valence-electron chi connectivity index (χ2n) is 4.32. The van der Waals surface area contributed by atoms with Gasteiger partial charge in [-0.3, -0.25) is 9.59 Å². The minimum Gasteiger partial charge on any atom is -0.480 e. The van der Waals surface area contributed by atoms with Crippen LogP contribution in [0.3, 0.4) is 0 Å². The molecule has 0 aliphatic rings. The summed E-state index contributed by atoms with van der Waals surface area (Å²) < 4.78 is 0. The first kappa shape index (κ1) is 14.9. The summed E-state index contributed by atoms with van der Waals surface area (Å²) in [5, 5.41) is 15.0. The highest BCUT2D eigenvalue weighted by Crippen LogP contribution is 2.11. The van der Waals surface area contributed by atoms with E-state index in [0.29, 0.717) is 11.3 Å². The van der Waals surface area contributed by atoms with Crippen molar-refractivity contribution < 1.29 is 14.7 Å². The summed E-state index contributed by atoms with van der Waals surface area (Å²) in [4.78, 5) is 36.1. The maximum atomic E-state index is 12.3. The normalized spacial score (nSPS) is 12.0. The number of H-pyrrole nitrogens is 1. The number of hydrogen-bond acceptors (Lipinski definition) is 4. The number of rotatable bonds is 4. The first-order chi connectivity index (χ1) is 8.81. The molecule has 1 atom stereocenters. The molecule has 1 amide bonds. The molecule has 1 heterocycles. The van der Waals surface area contributed by atoms with Crippen LogP contribution in [0.5, 0.6) is 0 Å². The van der Waals surface area contributed by atoms with E-state index in [9.17, 15) is 14.4 Å². The van der Waals surface area contributed by atoms with Crippen molar-refractivity contribution in [3.63, 3.8) is 0 Å². The number of carbonyl (C=O) groups excluding carboxylic acids is 1. The molecule has 1 aromatic heterocycles. The van der Waals surface area contributed by atoms with Gasteiger partial charge in [-0.1, -0.05) is 6.92 Å². The Morgan fingerprint density at radius 2 is 2.00 bits per heavy atom. The Labute approximate surface area is 110 Å². The van der Waals surface area contributed by atoms with Crippen LogP contribution in [0.15, 0.2) is 4.79 Å². The fraction of sp³-hybridized carbons (Fsp3) is 0.500. The van der Waals surface area contributed by atoms with Crippen LogP contribution < -0.4 is 5.56 Å². The van der Waals surface area contributed by atoms with E-state index < -0.39 is 23.5 Å². The van der Waals surface area contributed by atoms with Gasteiger partial charge in [-0.2, -0.15) is 5.10 Å². The Hall–Kier alpha value is -2.18. The predicted molar refractivity (Wildman–Crippen MR) is 68.1 cm³/mol. The zero-order valence-corrected chi connectivity index (χ0v) is 11.4. The van der Waals surface area contributed by atoms with Gasteiger partial charge in [-0.15, -0.1) is 0 Å². The minimum atomic E-state index is -1.10. The second-order valence-corrected chi connectivity index (χ2v) is 4.32. The number of carbonyl (C=O) groups is 2. The molecule has 1 unspecified atom stereocenters. The average Bonchev–Trinajstić information content (AvgIpc) is 2.34. The zero-order chi connectivity index (χ0) is 14.7. The Kier molecular flexibility index (Phi) is 4.42. The second kappa shape index (κ2) is 5.64. The molecule has 7 nitrogen and oxygen atoms in total. The topological polar surface area (TPSA) is 103 Å². The highest BCUT2D eigenvalue weighted by Gasteiger charge is 2.28. The van der Waals surface area contributed by atoms with Crippen molar-refractivity contribution in [2.75, 3.05) is 7.05 Å². The van der Waals surface area contributed by atoms with Crippen molar-refractivity contribution in [1.29, 1.82) is 0 Å². The summed E-state index contributed by atoms with van der Waals surface area (Å²) in [6, 6.07) is -0.959. The maximum absolute atomic E-state index is 12.3. The molecule has 0 aliphatic carbocycles. The van der Waals surface area contributed by atoms with Crippen LogP contribution in [0.4, 0.5) is 0 Å². The van der Waals surface area contributed by atoms with Crippen LogP contribution in [-0.4, -0.2) is 45.2 Å². The van der Waals surface area contributed by atoms with E-state index in [1.165, 1.54) is 7.05 Å². The Bertz CT molecular complexity index is 565. The minimum absolute atomic E-state index is 0.0605. The number of likely N-dealkylation sites (N-methyl/N-ethyl adjacent to an activating group) is 1. The molecule has 0 fully saturated rings. The number of aromatic nitrogens is 2. The standard InChI is InChI=1S/C12H17N3O4/c1-5-8(12(18)19)15(4)11(17)9-6(2)7(3)13-14-10(9)16/h8H,5H2,1-4H3,(H,14,16)(H,18,19). The van der Waals surface area contributed by atoms with E-state index in [2.05, 4.69) is 10.2 Å². The van der Waals surface area contributed by atoms with E-state index in [0.717, 1.165) is 4.90 Å². The number of aryl methyl sites for hydroxylation is 1. The number of nitrogens with zero attached hydrogens (tertiary/aromatic N) is 2. The molecule has 0 spiro atoms. The van der Waals surface area contributed by atoms with Gasteiger partial charge in [0.05, 0.1) is 5.69 Å². The number of amides is 1. The molecule has 104 valence electrons. The third-order valence-electron chi connectivity index (χ3n) is 3.14. The van der Waals surface area contributed by atoms with Gasteiger partial charge < -0.3 is 10.0 Å². The summed E-state index contributed by atoms with van der Waals surface area (Å²) in [6.45, 7) is 4.94. The molecule has 0 radical (unpaired) electrons. The van der Waals surface area contributed by atoms with Crippen LogP contribution >= 0.6 is 0 Å². The first-order valence-electron chi connectivity index (χ1n) is 5.87. The summed E-state index contributed by atoms with van der Waals surface area (Å²) in [6.07, 6.45) is 0.262. The van der Waals surface area contributed by atoms with Gasteiger partial charge in [0.1, 0.15) is 11.6 Å². The quantitative estimate of drug-likeness (QED) is 0.817.